The van der Waals surface area contributed by atoms with Gasteiger partial charge in [0, 0.05) is 51.7 Å². The highest BCUT2D eigenvalue weighted by molar-refractivity contribution is 6.29. The molecule has 0 saturated carbocycles. The number of carbonyl (C=O) groups is 2. The molecule has 2 fully saturated rings. The fraction of sp³-hybridized carbons (Fsp3) is 0.417. The molecule has 2 saturated heterocycles. The van der Waals surface area contributed by atoms with E-state index in [9.17, 15) is 29.8 Å². The zero-order valence-corrected chi connectivity index (χ0v) is 24.5. The minimum atomic E-state index is -0.845. The number of nitro groups is 2. The Bertz CT molecular complexity index is 1320. The summed E-state index contributed by atoms with van der Waals surface area (Å²) in [4.78, 5) is 61.2. The molecule has 0 bridgehead atoms. The maximum absolute atomic E-state index is 12.4. The van der Waals surface area contributed by atoms with Gasteiger partial charge in [0.25, 0.3) is 11.9 Å². The van der Waals surface area contributed by atoms with Crippen molar-refractivity contribution in [3.05, 3.63) is 78.3 Å². The summed E-state index contributed by atoms with van der Waals surface area (Å²) >= 11 is 11.6. The standard InChI is InChI=1S/C24H26Cl2N10O8/c25-19-3-1-17(11-27-19)13-31-5-7-33(23(31)29-35(39)40)15-21(37)43-9-10-44-22(38)16-34-8-6-32(24(34)30-36(41)42)14-18-2-4-20(26)28-12-18/h1-4,11-12H,5-10,13-16H2/b29-23+,30-24+. The van der Waals surface area contributed by atoms with Crippen molar-refractivity contribution in [2.75, 3.05) is 52.5 Å². The molecule has 0 aliphatic carbocycles. The summed E-state index contributed by atoms with van der Waals surface area (Å²) in [6.07, 6.45) is 3.08. The molecule has 20 heteroatoms. The first-order valence-electron chi connectivity index (χ1n) is 13.1. The van der Waals surface area contributed by atoms with Gasteiger partial charge in [-0.05, 0) is 23.3 Å². The Morgan fingerprint density at radius 1 is 0.727 bits per heavy atom. The Hall–Kier alpha value is -4.84. The normalized spacial score (nSPS) is 16.6. The quantitative estimate of drug-likeness (QED) is 0.0970. The molecule has 0 N–H and O–H groups in total. The van der Waals surface area contributed by atoms with Crippen LogP contribution in [0.4, 0.5) is 0 Å². The van der Waals surface area contributed by atoms with E-state index in [0.29, 0.717) is 23.4 Å². The molecule has 2 aromatic rings. The molecule has 2 aromatic heterocycles. The fourth-order valence-corrected chi connectivity index (χ4v) is 4.66. The minimum absolute atomic E-state index is 0.00694. The zero-order chi connectivity index (χ0) is 31.6. The summed E-state index contributed by atoms with van der Waals surface area (Å²) in [6, 6.07) is 6.65. The Morgan fingerprint density at radius 2 is 1.11 bits per heavy atom. The second kappa shape index (κ2) is 15.1. The van der Waals surface area contributed by atoms with Gasteiger partial charge in [-0.3, -0.25) is 9.59 Å². The Morgan fingerprint density at radius 3 is 1.45 bits per heavy atom. The van der Waals surface area contributed by atoms with Crippen molar-refractivity contribution >= 4 is 47.1 Å². The van der Waals surface area contributed by atoms with Crippen molar-refractivity contribution in [2.45, 2.75) is 13.1 Å². The summed E-state index contributed by atoms with van der Waals surface area (Å²) in [5.74, 6) is -1.43. The largest absolute Gasteiger partial charge is 0.461 e. The van der Waals surface area contributed by atoms with E-state index in [0.717, 1.165) is 11.1 Å². The van der Waals surface area contributed by atoms with E-state index in [1.54, 1.807) is 46.5 Å². The monoisotopic (exact) mass is 652 g/mol. The van der Waals surface area contributed by atoms with Gasteiger partial charge in [0.15, 0.2) is 10.1 Å². The predicted octanol–water partition coefficient (Wildman–Crippen LogP) is 0.901. The lowest BCUT2D eigenvalue weighted by molar-refractivity contribution is -0.486. The number of ether oxygens (including phenoxy) is 2. The Labute approximate surface area is 259 Å². The summed E-state index contributed by atoms with van der Waals surface area (Å²) < 4.78 is 10.3. The number of nitrogens with zero attached hydrogens (tertiary/aromatic N) is 10. The summed E-state index contributed by atoms with van der Waals surface area (Å²) in [7, 11) is 0. The molecule has 0 unspecified atom stereocenters. The molecule has 4 rings (SSSR count). The zero-order valence-electron chi connectivity index (χ0n) is 23.0. The van der Waals surface area contributed by atoms with Gasteiger partial charge >= 0.3 is 11.9 Å². The minimum Gasteiger partial charge on any atom is -0.461 e. The number of rotatable bonds is 13. The van der Waals surface area contributed by atoms with Crippen LogP contribution in [0.3, 0.4) is 0 Å². The molecule has 0 atom stereocenters. The van der Waals surface area contributed by atoms with Gasteiger partial charge in [0.1, 0.15) is 46.8 Å². The van der Waals surface area contributed by atoms with Crippen LogP contribution in [-0.4, -0.2) is 116 Å². The van der Waals surface area contributed by atoms with Gasteiger partial charge in [-0.25, -0.2) is 30.2 Å². The summed E-state index contributed by atoms with van der Waals surface area (Å²) in [5, 5.41) is 28.0. The van der Waals surface area contributed by atoms with E-state index < -0.39 is 22.0 Å². The lowest BCUT2D eigenvalue weighted by atomic mass is 10.3. The van der Waals surface area contributed by atoms with Crippen LogP contribution in [0.1, 0.15) is 11.1 Å². The van der Waals surface area contributed by atoms with Crippen molar-refractivity contribution in [3.8, 4) is 0 Å². The maximum Gasteiger partial charge on any atom is 0.325 e. The third kappa shape index (κ3) is 9.33. The second-order valence-corrected chi connectivity index (χ2v) is 10.2. The fourth-order valence-electron chi connectivity index (χ4n) is 4.44. The van der Waals surface area contributed by atoms with E-state index in [-0.39, 0.29) is 64.4 Å². The van der Waals surface area contributed by atoms with Crippen molar-refractivity contribution in [1.29, 1.82) is 0 Å². The van der Waals surface area contributed by atoms with Crippen molar-refractivity contribution < 1.29 is 29.1 Å². The van der Waals surface area contributed by atoms with Crippen molar-refractivity contribution in [2.24, 2.45) is 10.2 Å². The molecule has 2 aliphatic rings. The highest BCUT2D eigenvalue weighted by Crippen LogP contribution is 2.16. The molecule has 234 valence electrons. The van der Waals surface area contributed by atoms with Crippen molar-refractivity contribution in [1.82, 2.24) is 29.6 Å². The molecular weight excluding hydrogens is 627 g/mol. The van der Waals surface area contributed by atoms with Gasteiger partial charge < -0.3 is 29.1 Å². The van der Waals surface area contributed by atoms with E-state index in [1.807, 2.05) is 0 Å². The van der Waals surface area contributed by atoms with Crippen LogP contribution in [0.5, 0.6) is 0 Å². The van der Waals surface area contributed by atoms with E-state index in [4.69, 9.17) is 32.7 Å². The van der Waals surface area contributed by atoms with Gasteiger partial charge in [0.05, 0.1) is 0 Å². The first-order chi connectivity index (χ1) is 21.1. The molecule has 44 heavy (non-hydrogen) atoms. The highest BCUT2D eigenvalue weighted by atomic mass is 35.5. The summed E-state index contributed by atoms with van der Waals surface area (Å²) in [5.41, 5.74) is 1.49. The molecule has 4 heterocycles. The van der Waals surface area contributed by atoms with Crippen LogP contribution in [0, 0.1) is 20.2 Å². The predicted molar refractivity (Wildman–Crippen MR) is 153 cm³/mol. The number of halogens is 2. The number of pyridine rings is 2. The topological polar surface area (TPSA) is 202 Å². The number of hydrazone groups is 2. The van der Waals surface area contributed by atoms with E-state index in [2.05, 4.69) is 20.2 Å². The SMILES string of the molecule is O=C(CN1CCN(Cc2ccc(Cl)nc2)/C1=N\[N+](=O)[O-])OCCOC(=O)CN1CCN(Cc2ccc(Cl)nc2)/C1=N\[N+](=O)[O-]. The van der Waals surface area contributed by atoms with Gasteiger partial charge in [-0.15, -0.1) is 0 Å². The molecule has 2 aliphatic heterocycles. The first-order valence-corrected chi connectivity index (χ1v) is 13.8. The molecule has 0 aromatic carbocycles. The molecule has 0 spiro atoms. The van der Waals surface area contributed by atoms with E-state index >= 15 is 0 Å². The van der Waals surface area contributed by atoms with Crippen LogP contribution in [0.2, 0.25) is 10.3 Å². The third-order valence-electron chi connectivity index (χ3n) is 6.33. The Balaban J connectivity index is 1.22. The number of esters is 2. The van der Waals surface area contributed by atoms with Crippen LogP contribution in [0.15, 0.2) is 46.9 Å². The molecule has 18 nitrogen and oxygen atoms in total. The molecule has 0 amide bonds. The van der Waals surface area contributed by atoms with Crippen LogP contribution < -0.4 is 0 Å². The van der Waals surface area contributed by atoms with Crippen LogP contribution in [0.25, 0.3) is 0 Å². The Kier molecular flexibility index (Phi) is 11.0. The third-order valence-corrected chi connectivity index (χ3v) is 6.77. The highest BCUT2D eigenvalue weighted by Gasteiger charge is 2.33. The average Bonchev–Trinajstić information content (AvgIpc) is 3.51. The smallest absolute Gasteiger partial charge is 0.325 e. The number of hydrogen-bond acceptors (Lipinski definition) is 10. The lowest BCUT2D eigenvalue weighted by Gasteiger charge is -2.20. The van der Waals surface area contributed by atoms with Gasteiger partial charge in [-0.2, -0.15) is 0 Å². The van der Waals surface area contributed by atoms with Crippen molar-refractivity contribution in [3.63, 3.8) is 0 Å². The maximum atomic E-state index is 12.4. The average molecular weight is 653 g/mol. The van der Waals surface area contributed by atoms with Gasteiger partial charge in [-0.1, -0.05) is 35.3 Å². The number of guanidine groups is 2. The van der Waals surface area contributed by atoms with Crippen LogP contribution in [-0.2, 0) is 32.2 Å². The second-order valence-electron chi connectivity index (χ2n) is 9.38. The molecular formula is C24H26Cl2N10O8. The van der Waals surface area contributed by atoms with E-state index in [1.165, 1.54) is 9.80 Å². The molecule has 0 radical (unpaired) electrons. The summed E-state index contributed by atoms with van der Waals surface area (Å²) in [6.45, 7) is 0.656. The number of carbonyl (C=O) groups excluding carboxylic acids is 2. The van der Waals surface area contributed by atoms with Crippen LogP contribution >= 0.6 is 23.2 Å². The number of aromatic nitrogens is 2. The van der Waals surface area contributed by atoms with Gasteiger partial charge in [0.2, 0.25) is 0 Å². The number of hydrogen-bond donors (Lipinski definition) is 0. The lowest BCUT2D eigenvalue weighted by Crippen LogP contribution is -2.38. The first kappa shape index (κ1) is 32.1.